The summed E-state index contributed by atoms with van der Waals surface area (Å²) < 4.78 is 6.11. The normalized spacial score (nSPS) is 10.8. The van der Waals surface area contributed by atoms with Gasteiger partial charge in [0, 0.05) is 17.3 Å². The maximum absolute atomic E-state index is 12.9. The van der Waals surface area contributed by atoms with Crippen LogP contribution in [-0.2, 0) is 6.54 Å². The lowest BCUT2D eigenvalue weighted by Gasteiger charge is -2.11. The van der Waals surface area contributed by atoms with Gasteiger partial charge in [-0.15, -0.1) is 0 Å². The van der Waals surface area contributed by atoms with Gasteiger partial charge in [-0.1, -0.05) is 42.5 Å². The van der Waals surface area contributed by atoms with E-state index in [0.717, 1.165) is 16.8 Å². The second kappa shape index (κ2) is 7.72. The summed E-state index contributed by atoms with van der Waals surface area (Å²) in [6.45, 7) is 3.98. The van der Waals surface area contributed by atoms with E-state index in [1.807, 2.05) is 49.4 Å². The smallest absolute Gasteiger partial charge is 0.255 e. The Morgan fingerprint density at radius 1 is 1.00 bits per heavy atom. The first kappa shape index (κ1) is 18.6. The van der Waals surface area contributed by atoms with E-state index in [9.17, 15) is 9.59 Å². The van der Waals surface area contributed by atoms with Crippen molar-refractivity contribution in [2.45, 2.75) is 20.4 Å². The van der Waals surface area contributed by atoms with E-state index >= 15 is 0 Å². The third-order valence-corrected chi connectivity index (χ3v) is 4.96. The van der Waals surface area contributed by atoms with Crippen LogP contribution in [0.25, 0.3) is 22.3 Å². The van der Waals surface area contributed by atoms with Gasteiger partial charge >= 0.3 is 0 Å². The van der Waals surface area contributed by atoms with Gasteiger partial charge in [0.15, 0.2) is 11.0 Å². The molecular formula is C24H20N2O3. The Kier molecular flexibility index (Phi) is 4.96. The van der Waals surface area contributed by atoms with Crippen LogP contribution < -0.4 is 10.7 Å². The number of amides is 1. The molecule has 29 heavy (non-hydrogen) atoms. The van der Waals surface area contributed by atoms with E-state index in [1.165, 1.54) is 0 Å². The number of nitrogens with zero attached hydrogens (tertiary/aromatic N) is 1. The number of carbonyl (C=O) groups is 1. The molecule has 0 saturated heterocycles. The van der Waals surface area contributed by atoms with Crippen LogP contribution in [0.2, 0.25) is 0 Å². The molecule has 2 heterocycles. The number of nitrogens with one attached hydrogen (secondary N) is 1. The summed E-state index contributed by atoms with van der Waals surface area (Å²) in [5.74, 6) is 0.163. The van der Waals surface area contributed by atoms with Crippen molar-refractivity contribution < 1.29 is 9.21 Å². The molecule has 0 atom stereocenters. The minimum absolute atomic E-state index is 0.139. The van der Waals surface area contributed by atoms with Gasteiger partial charge in [0.1, 0.15) is 5.76 Å². The van der Waals surface area contributed by atoms with Gasteiger partial charge in [0.2, 0.25) is 0 Å². The van der Waals surface area contributed by atoms with Crippen LogP contribution in [0.1, 0.15) is 27.2 Å². The Balaban J connectivity index is 1.77. The maximum atomic E-state index is 12.9. The number of aryl methyl sites for hydroxylation is 1. The van der Waals surface area contributed by atoms with Gasteiger partial charge in [0.25, 0.3) is 5.91 Å². The molecule has 0 spiro atoms. The predicted molar refractivity (Wildman–Crippen MR) is 113 cm³/mol. The molecule has 0 unspecified atom stereocenters. The zero-order chi connectivity index (χ0) is 20.4. The molecule has 0 saturated carbocycles. The Morgan fingerprint density at radius 3 is 2.55 bits per heavy atom. The molecule has 144 valence electrons. The van der Waals surface area contributed by atoms with Gasteiger partial charge in [-0.25, -0.2) is 0 Å². The highest BCUT2D eigenvalue weighted by Crippen LogP contribution is 2.27. The highest BCUT2D eigenvalue weighted by atomic mass is 16.3. The van der Waals surface area contributed by atoms with E-state index in [-0.39, 0.29) is 16.9 Å². The van der Waals surface area contributed by atoms with E-state index in [1.54, 1.807) is 31.3 Å². The topological polar surface area (TPSA) is 72.2 Å². The zero-order valence-electron chi connectivity index (χ0n) is 16.2. The molecule has 0 radical (unpaired) electrons. The summed E-state index contributed by atoms with van der Waals surface area (Å²) in [5.41, 5.74) is 3.58. The van der Waals surface area contributed by atoms with E-state index in [2.05, 4.69) is 10.3 Å². The van der Waals surface area contributed by atoms with E-state index in [4.69, 9.17) is 4.42 Å². The average molecular weight is 384 g/mol. The molecule has 1 N–H and O–H groups in total. The van der Waals surface area contributed by atoms with Gasteiger partial charge in [-0.2, -0.15) is 0 Å². The number of pyridine rings is 1. The minimum Gasteiger partial charge on any atom is -0.455 e. The van der Waals surface area contributed by atoms with Crippen molar-refractivity contribution in [3.05, 3.63) is 99.5 Å². The number of rotatable bonds is 4. The number of benzene rings is 2. The first-order valence-electron chi connectivity index (χ1n) is 9.37. The predicted octanol–water partition coefficient (Wildman–Crippen LogP) is 4.40. The minimum atomic E-state index is -0.313. The van der Waals surface area contributed by atoms with Gasteiger partial charge in [-0.05, 0) is 37.6 Å². The number of aromatic nitrogens is 1. The van der Waals surface area contributed by atoms with Crippen molar-refractivity contribution >= 4 is 16.9 Å². The van der Waals surface area contributed by atoms with Crippen LogP contribution >= 0.6 is 0 Å². The molecule has 0 bridgehead atoms. The monoisotopic (exact) mass is 384 g/mol. The van der Waals surface area contributed by atoms with Crippen LogP contribution in [0.5, 0.6) is 0 Å². The number of carbonyl (C=O) groups excluding carboxylic acids is 1. The van der Waals surface area contributed by atoms with Crippen molar-refractivity contribution in [2.24, 2.45) is 0 Å². The van der Waals surface area contributed by atoms with Crippen molar-refractivity contribution in [1.29, 1.82) is 0 Å². The number of para-hydroxylation sites is 1. The fraction of sp³-hybridized carbons (Fsp3) is 0.125. The fourth-order valence-corrected chi connectivity index (χ4v) is 3.32. The SMILES string of the molecule is Cc1cccnc1CNC(=O)c1cccc2c(=O)c(C)c(-c3ccccc3)oc12. The summed E-state index contributed by atoms with van der Waals surface area (Å²) in [6.07, 6.45) is 1.69. The lowest BCUT2D eigenvalue weighted by molar-refractivity contribution is 0.0951. The van der Waals surface area contributed by atoms with E-state index < -0.39 is 0 Å². The number of fused-ring (bicyclic) bond motifs is 1. The zero-order valence-corrected chi connectivity index (χ0v) is 16.2. The van der Waals surface area contributed by atoms with Crippen LogP contribution in [0.15, 0.2) is 76.1 Å². The molecule has 0 aliphatic heterocycles. The third kappa shape index (κ3) is 3.55. The first-order chi connectivity index (χ1) is 14.1. The van der Waals surface area contributed by atoms with Crippen molar-refractivity contribution in [3.8, 4) is 11.3 Å². The first-order valence-corrected chi connectivity index (χ1v) is 9.37. The summed E-state index contributed by atoms with van der Waals surface area (Å²) in [4.78, 5) is 30.1. The van der Waals surface area contributed by atoms with Crippen LogP contribution in [-0.4, -0.2) is 10.9 Å². The molecule has 4 rings (SSSR count). The van der Waals surface area contributed by atoms with E-state index in [0.29, 0.717) is 28.8 Å². The molecule has 1 amide bonds. The number of hydrogen-bond donors (Lipinski definition) is 1. The molecule has 5 nitrogen and oxygen atoms in total. The third-order valence-electron chi connectivity index (χ3n) is 4.96. The summed E-state index contributed by atoms with van der Waals surface area (Å²) in [5, 5.41) is 3.27. The van der Waals surface area contributed by atoms with Crippen LogP contribution in [0.4, 0.5) is 0 Å². The average Bonchev–Trinajstić information content (AvgIpc) is 2.75. The Bertz CT molecular complexity index is 1260. The van der Waals surface area contributed by atoms with Gasteiger partial charge in [-0.3, -0.25) is 14.6 Å². The molecule has 5 heteroatoms. The van der Waals surface area contributed by atoms with Crippen molar-refractivity contribution in [3.63, 3.8) is 0 Å². The molecule has 0 fully saturated rings. The molecule has 0 aliphatic carbocycles. The highest BCUT2D eigenvalue weighted by Gasteiger charge is 2.18. The quantitative estimate of drug-likeness (QED) is 0.566. The van der Waals surface area contributed by atoms with Gasteiger partial charge in [0.05, 0.1) is 23.2 Å². The Labute approximate surface area is 168 Å². The standard InChI is InChI=1S/C24H20N2O3/c1-15-8-7-13-25-20(15)14-26-24(28)19-12-6-11-18-21(27)16(2)22(29-23(18)19)17-9-4-3-5-10-17/h3-13H,14H2,1-2H3,(H,26,28). The molecule has 4 aromatic rings. The second-order valence-electron chi connectivity index (χ2n) is 6.88. The summed E-state index contributed by atoms with van der Waals surface area (Å²) >= 11 is 0. The molecule has 2 aromatic heterocycles. The lowest BCUT2D eigenvalue weighted by Crippen LogP contribution is -2.24. The largest absolute Gasteiger partial charge is 0.455 e. The molecule has 0 aliphatic rings. The summed E-state index contributed by atoms with van der Waals surface area (Å²) in [6, 6.07) is 18.3. The van der Waals surface area contributed by atoms with Crippen LogP contribution in [0.3, 0.4) is 0 Å². The maximum Gasteiger partial charge on any atom is 0.255 e. The fourth-order valence-electron chi connectivity index (χ4n) is 3.32. The second-order valence-corrected chi connectivity index (χ2v) is 6.88. The Morgan fingerprint density at radius 2 is 1.79 bits per heavy atom. The highest BCUT2D eigenvalue weighted by molar-refractivity contribution is 6.05. The molecule has 2 aromatic carbocycles. The lowest BCUT2D eigenvalue weighted by atomic mass is 10.0. The summed E-state index contributed by atoms with van der Waals surface area (Å²) in [7, 11) is 0. The Hall–Kier alpha value is -3.73. The molecular weight excluding hydrogens is 364 g/mol. The number of hydrogen-bond acceptors (Lipinski definition) is 4. The van der Waals surface area contributed by atoms with Crippen molar-refractivity contribution in [2.75, 3.05) is 0 Å². The van der Waals surface area contributed by atoms with Crippen molar-refractivity contribution in [1.82, 2.24) is 10.3 Å². The van der Waals surface area contributed by atoms with Gasteiger partial charge < -0.3 is 9.73 Å². The van der Waals surface area contributed by atoms with Crippen LogP contribution in [0, 0.1) is 13.8 Å².